The summed E-state index contributed by atoms with van der Waals surface area (Å²) < 4.78 is 44.9. The summed E-state index contributed by atoms with van der Waals surface area (Å²) >= 11 is 0. The largest absolute Gasteiger partial charge is 0.469 e. The monoisotopic (exact) mass is 318 g/mol. The number of methoxy groups -OCH3 is 1. The number of carbonyl (C=O) groups is 1. The molecular weight excluding hydrogens is 299 g/mol. The maximum atomic E-state index is 13.4. The van der Waals surface area contributed by atoms with Gasteiger partial charge in [-0.3, -0.25) is 4.79 Å². The molecule has 1 aromatic carbocycles. The molecule has 0 heterocycles. The Morgan fingerprint density at radius 1 is 1.38 bits per heavy atom. The third-order valence-electron chi connectivity index (χ3n) is 2.91. The minimum absolute atomic E-state index is 0.0156. The van der Waals surface area contributed by atoms with Crippen LogP contribution in [0.1, 0.15) is 12.0 Å². The van der Waals surface area contributed by atoms with E-state index in [0.29, 0.717) is 5.56 Å². The van der Waals surface area contributed by atoms with E-state index < -0.39 is 16.2 Å². The number of nitrogens with zero attached hydrogens (tertiary/aromatic N) is 1. The molecule has 0 aromatic heterocycles. The highest BCUT2D eigenvalue weighted by Gasteiger charge is 2.18. The van der Waals surface area contributed by atoms with Crippen molar-refractivity contribution < 1.29 is 22.3 Å². The van der Waals surface area contributed by atoms with Crippen LogP contribution >= 0.6 is 0 Å². The first-order valence-electron chi connectivity index (χ1n) is 6.38. The quantitative estimate of drug-likeness (QED) is 0.716. The summed E-state index contributed by atoms with van der Waals surface area (Å²) in [7, 11) is -1.10. The van der Waals surface area contributed by atoms with E-state index in [9.17, 15) is 17.6 Å². The second-order valence-electron chi connectivity index (χ2n) is 4.39. The average Bonchev–Trinajstić information content (AvgIpc) is 2.46. The number of rotatable bonds is 8. The topological polar surface area (TPSA) is 75.7 Å². The molecule has 0 amide bonds. The summed E-state index contributed by atoms with van der Waals surface area (Å²) in [5, 5.41) is 0. The van der Waals surface area contributed by atoms with Crippen LogP contribution in [0, 0.1) is 5.82 Å². The average molecular weight is 318 g/mol. The van der Waals surface area contributed by atoms with Crippen molar-refractivity contribution in [2.24, 2.45) is 0 Å². The van der Waals surface area contributed by atoms with Crippen LogP contribution in [-0.2, 0) is 26.2 Å². The van der Waals surface area contributed by atoms with Crippen LogP contribution in [0.4, 0.5) is 4.39 Å². The highest BCUT2D eigenvalue weighted by atomic mass is 32.2. The van der Waals surface area contributed by atoms with Crippen molar-refractivity contribution >= 4 is 16.2 Å². The van der Waals surface area contributed by atoms with Crippen molar-refractivity contribution in [3.05, 3.63) is 35.6 Å². The lowest BCUT2D eigenvalue weighted by Crippen LogP contribution is -2.40. The molecule has 1 N–H and O–H groups in total. The molecule has 0 saturated heterocycles. The van der Waals surface area contributed by atoms with Crippen LogP contribution in [0.2, 0.25) is 0 Å². The fraction of sp³-hybridized carbons (Fsp3) is 0.462. The Morgan fingerprint density at radius 3 is 2.67 bits per heavy atom. The Labute approximate surface area is 124 Å². The lowest BCUT2D eigenvalue weighted by Gasteiger charge is -2.17. The van der Waals surface area contributed by atoms with Gasteiger partial charge in [0, 0.05) is 20.1 Å². The predicted octanol–water partition coefficient (Wildman–Crippen LogP) is 0.698. The zero-order valence-electron chi connectivity index (χ0n) is 12.0. The van der Waals surface area contributed by atoms with E-state index in [1.165, 1.54) is 20.2 Å². The van der Waals surface area contributed by atoms with Gasteiger partial charge in [-0.25, -0.2) is 9.11 Å². The molecule has 21 heavy (non-hydrogen) atoms. The third-order valence-corrected chi connectivity index (χ3v) is 4.48. The molecule has 0 saturated carbocycles. The zero-order chi connectivity index (χ0) is 15.9. The van der Waals surface area contributed by atoms with Gasteiger partial charge in [-0.1, -0.05) is 18.2 Å². The second kappa shape index (κ2) is 8.06. The van der Waals surface area contributed by atoms with E-state index in [4.69, 9.17) is 0 Å². The second-order valence-corrected chi connectivity index (χ2v) is 6.25. The van der Waals surface area contributed by atoms with Gasteiger partial charge in [-0.2, -0.15) is 12.7 Å². The van der Waals surface area contributed by atoms with Crippen molar-refractivity contribution in [2.75, 3.05) is 27.2 Å². The first-order valence-corrected chi connectivity index (χ1v) is 7.82. The molecular formula is C13H19FN2O4S. The van der Waals surface area contributed by atoms with Crippen molar-refractivity contribution in [3.8, 4) is 0 Å². The fourth-order valence-corrected chi connectivity index (χ4v) is 2.51. The molecule has 0 radical (unpaired) electrons. The van der Waals surface area contributed by atoms with E-state index in [1.54, 1.807) is 18.2 Å². The Morgan fingerprint density at radius 2 is 2.05 bits per heavy atom. The molecule has 0 bridgehead atoms. The number of ether oxygens (including phenoxy) is 1. The van der Waals surface area contributed by atoms with Crippen LogP contribution in [0.5, 0.6) is 0 Å². The van der Waals surface area contributed by atoms with Gasteiger partial charge < -0.3 is 4.74 Å². The summed E-state index contributed by atoms with van der Waals surface area (Å²) in [6.45, 7) is 0.0908. The van der Waals surface area contributed by atoms with Gasteiger partial charge in [-0.05, 0) is 18.1 Å². The highest BCUT2D eigenvalue weighted by Crippen LogP contribution is 2.06. The number of benzene rings is 1. The summed E-state index contributed by atoms with van der Waals surface area (Å²) in [6.07, 6.45) is 0.220. The van der Waals surface area contributed by atoms with Gasteiger partial charge in [0.1, 0.15) is 5.82 Å². The number of hydrogen-bond acceptors (Lipinski definition) is 4. The molecule has 0 spiro atoms. The lowest BCUT2D eigenvalue weighted by atomic mass is 10.1. The number of halogens is 1. The molecule has 0 aliphatic rings. The van der Waals surface area contributed by atoms with Gasteiger partial charge in [-0.15, -0.1) is 0 Å². The SMILES string of the molecule is COC(=O)CCN(C)S(=O)(=O)NCCc1ccccc1F. The first kappa shape index (κ1) is 17.5. The predicted molar refractivity (Wildman–Crippen MR) is 76.3 cm³/mol. The molecule has 8 heteroatoms. The normalized spacial score (nSPS) is 11.6. The van der Waals surface area contributed by atoms with Crippen molar-refractivity contribution in [1.82, 2.24) is 9.03 Å². The smallest absolute Gasteiger partial charge is 0.306 e. The Balaban J connectivity index is 2.45. The molecule has 118 valence electrons. The molecule has 0 aliphatic heterocycles. The maximum absolute atomic E-state index is 13.4. The molecule has 0 aliphatic carbocycles. The van der Waals surface area contributed by atoms with E-state index in [2.05, 4.69) is 9.46 Å². The molecule has 0 atom stereocenters. The van der Waals surface area contributed by atoms with Gasteiger partial charge in [0.25, 0.3) is 10.2 Å². The number of carbonyl (C=O) groups excluding carboxylic acids is 1. The lowest BCUT2D eigenvalue weighted by molar-refractivity contribution is -0.140. The minimum Gasteiger partial charge on any atom is -0.469 e. The Bertz CT molecular complexity index is 577. The summed E-state index contributed by atoms with van der Waals surface area (Å²) in [6, 6.07) is 6.19. The Kier molecular flexibility index (Phi) is 6.73. The molecule has 0 fully saturated rings. The number of hydrogen-bond donors (Lipinski definition) is 1. The number of nitrogens with one attached hydrogen (secondary N) is 1. The van der Waals surface area contributed by atoms with Crippen LogP contribution < -0.4 is 4.72 Å². The first-order chi connectivity index (χ1) is 9.86. The van der Waals surface area contributed by atoms with Crippen LogP contribution in [-0.4, -0.2) is 45.9 Å². The Hall–Kier alpha value is -1.51. The maximum Gasteiger partial charge on any atom is 0.306 e. The van der Waals surface area contributed by atoms with Crippen molar-refractivity contribution in [2.45, 2.75) is 12.8 Å². The van der Waals surface area contributed by atoms with E-state index >= 15 is 0 Å². The van der Waals surface area contributed by atoms with E-state index in [-0.39, 0.29) is 31.7 Å². The van der Waals surface area contributed by atoms with Gasteiger partial charge in [0.15, 0.2) is 0 Å². The minimum atomic E-state index is -3.69. The van der Waals surface area contributed by atoms with Gasteiger partial charge in [0.05, 0.1) is 13.5 Å². The number of esters is 1. The zero-order valence-corrected chi connectivity index (χ0v) is 12.8. The van der Waals surface area contributed by atoms with Crippen LogP contribution in [0.3, 0.4) is 0 Å². The van der Waals surface area contributed by atoms with Crippen molar-refractivity contribution in [1.29, 1.82) is 0 Å². The van der Waals surface area contributed by atoms with E-state index in [1.807, 2.05) is 0 Å². The molecule has 0 unspecified atom stereocenters. The summed E-state index contributed by atoms with van der Waals surface area (Å²) in [4.78, 5) is 11.0. The molecule has 1 rings (SSSR count). The third kappa shape index (κ3) is 5.78. The summed E-state index contributed by atoms with van der Waals surface area (Å²) in [5.41, 5.74) is 0.442. The van der Waals surface area contributed by atoms with Crippen LogP contribution in [0.25, 0.3) is 0 Å². The van der Waals surface area contributed by atoms with Crippen molar-refractivity contribution in [3.63, 3.8) is 0 Å². The van der Waals surface area contributed by atoms with Gasteiger partial charge in [0.2, 0.25) is 0 Å². The van der Waals surface area contributed by atoms with Crippen LogP contribution in [0.15, 0.2) is 24.3 Å². The summed E-state index contributed by atoms with van der Waals surface area (Å²) in [5.74, 6) is -0.848. The van der Waals surface area contributed by atoms with E-state index in [0.717, 1.165) is 4.31 Å². The highest BCUT2D eigenvalue weighted by molar-refractivity contribution is 7.87. The van der Waals surface area contributed by atoms with Gasteiger partial charge >= 0.3 is 5.97 Å². The standard InChI is InChI=1S/C13H19FN2O4S/c1-16(10-8-13(17)20-2)21(18,19)15-9-7-11-5-3-4-6-12(11)14/h3-6,15H,7-10H2,1-2H3. The molecule has 1 aromatic rings. The fourth-order valence-electron chi connectivity index (χ4n) is 1.60. The molecule has 6 nitrogen and oxygen atoms in total.